The molecule has 0 aromatic carbocycles. The maximum Gasteiger partial charge on any atom is 0.213 e. The summed E-state index contributed by atoms with van der Waals surface area (Å²) in [6, 6.07) is 0. The number of piperazine rings is 1. The molecule has 1 aromatic rings. The number of hydrogen-bond donors (Lipinski definition) is 1. The number of carbonyl (C=O) groups excluding carboxylic acids is 1. The standard InChI is InChI=1S/C19H25N5O3S/c1-4-7-15(5-2)8-9-16(25)18-19(20)21-14-17(22-18)23-10-12-24(13-11-23)28(26,27)6-3/h4-5,7-9,14H,1-2,6,10-13H2,3H3,(H2,20,21)/b9-8+,15-7+. The molecular formula is C19H25N5O3S. The van der Waals surface area contributed by atoms with E-state index in [4.69, 9.17) is 5.73 Å². The quantitative estimate of drug-likeness (QED) is 0.398. The number of carbonyl (C=O) groups is 1. The van der Waals surface area contributed by atoms with Crippen molar-refractivity contribution in [3.05, 3.63) is 61.0 Å². The Hall–Kier alpha value is -2.78. The van der Waals surface area contributed by atoms with Crippen molar-refractivity contribution in [2.75, 3.05) is 42.6 Å². The summed E-state index contributed by atoms with van der Waals surface area (Å²) in [7, 11) is -3.21. The Bertz CT molecular complexity index is 913. The molecule has 1 aliphatic rings. The Balaban J connectivity index is 2.17. The van der Waals surface area contributed by atoms with Crippen LogP contribution < -0.4 is 10.6 Å². The lowest BCUT2D eigenvalue weighted by molar-refractivity contribution is 0.104. The van der Waals surface area contributed by atoms with Crippen molar-refractivity contribution in [1.29, 1.82) is 0 Å². The van der Waals surface area contributed by atoms with Crippen molar-refractivity contribution in [3.63, 3.8) is 0 Å². The van der Waals surface area contributed by atoms with E-state index in [9.17, 15) is 13.2 Å². The van der Waals surface area contributed by atoms with Crippen LogP contribution in [0.15, 0.2) is 55.3 Å². The molecule has 0 saturated carbocycles. The van der Waals surface area contributed by atoms with Gasteiger partial charge >= 0.3 is 0 Å². The third kappa shape index (κ3) is 5.14. The smallest absolute Gasteiger partial charge is 0.213 e. The van der Waals surface area contributed by atoms with Gasteiger partial charge in [0.2, 0.25) is 15.8 Å². The normalized spacial score (nSPS) is 16.3. The third-order valence-electron chi connectivity index (χ3n) is 4.32. The molecule has 0 bridgehead atoms. The van der Waals surface area contributed by atoms with Crippen LogP contribution in [0.2, 0.25) is 0 Å². The first-order chi connectivity index (χ1) is 13.3. The van der Waals surface area contributed by atoms with Crippen molar-refractivity contribution in [1.82, 2.24) is 14.3 Å². The van der Waals surface area contributed by atoms with Gasteiger partial charge in [-0.25, -0.2) is 18.4 Å². The number of hydrogen-bond acceptors (Lipinski definition) is 7. The number of allylic oxidation sites excluding steroid dienone is 6. The molecule has 0 radical (unpaired) electrons. The molecule has 0 spiro atoms. The summed E-state index contributed by atoms with van der Waals surface area (Å²) in [5.41, 5.74) is 6.61. The molecule has 2 rings (SSSR count). The fourth-order valence-corrected chi connectivity index (χ4v) is 3.76. The Kier molecular flexibility index (Phi) is 7.24. The molecular weight excluding hydrogens is 378 g/mol. The number of sulfonamides is 1. The van der Waals surface area contributed by atoms with Crippen LogP contribution >= 0.6 is 0 Å². The zero-order chi connectivity index (χ0) is 20.7. The summed E-state index contributed by atoms with van der Waals surface area (Å²) in [5, 5.41) is 0. The zero-order valence-electron chi connectivity index (χ0n) is 15.9. The van der Waals surface area contributed by atoms with Gasteiger partial charge in [0.25, 0.3) is 0 Å². The van der Waals surface area contributed by atoms with Gasteiger partial charge in [-0.15, -0.1) is 0 Å². The van der Waals surface area contributed by atoms with E-state index >= 15 is 0 Å². The maximum atomic E-state index is 12.5. The van der Waals surface area contributed by atoms with Crippen molar-refractivity contribution in [3.8, 4) is 0 Å². The molecule has 0 aliphatic carbocycles. The molecule has 1 aliphatic heterocycles. The molecule has 1 fully saturated rings. The van der Waals surface area contributed by atoms with Crippen LogP contribution in [0.5, 0.6) is 0 Å². The molecule has 28 heavy (non-hydrogen) atoms. The first-order valence-electron chi connectivity index (χ1n) is 8.85. The second kappa shape index (κ2) is 9.43. The van der Waals surface area contributed by atoms with Crippen LogP contribution in [0, 0.1) is 0 Å². The fraction of sp³-hybridized carbons (Fsp3) is 0.316. The van der Waals surface area contributed by atoms with Crippen molar-refractivity contribution in [2.24, 2.45) is 0 Å². The van der Waals surface area contributed by atoms with Crippen molar-refractivity contribution < 1.29 is 13.2 Å². The van der Waals surface area contributed by atoms with Crippen molar-refractivity contribution >= 4 is 27.4 Å². The second-order valence-electron chi connectivity index (χ2n) is 6.05. The Morgan fingerprint density at radius 1 is 1.25 bits per heavy atom. The van der Waals surface area contributed by atoms with E-state index < -0.39 is 10.0 Å². The van der Waals surface area contributed by atoms with Crippen LogP contribution in [0.25, 0.3) is 0 Å². The Morgan fingerprint density at radius 3 is 2.50 bits per heavy atom. The van der Waals surface area contributed by atoms with Gasteiger partial charge in [-0.05, 0) is 18.6 Å². The highest BCUT2D eigenvalue weighted by Crippen LogP contribution is 2.18. The van der Waals surface area contributed by atoms with Crippen LogP contribution in [0.1, 0.15) is 17.4 Å². The first-order valence-corrected chi connectivity index (χ1v) is 10.5. The minimum atomic E-state index is -3.21. The monoisotopic (exact) mass is 403 g/mol. The van der Waals surface area contributed by atoms with Crippen LogP contribution in [0.3, 0.4) is 0 Å². The lowest BCUT2D eigenvalue weighted by Gasteiger charge is -2.34. The lowest BCUT2D eigenvalue weighted by Crippen LogP contribution is -2.49. The Morgan fingerprint density at radius 2 is 1.93 bits per heavy atom. The summed E-state index contributed by atoms with van der Waals surface area (Å²) < 4.78 is 25.4. The molecule has 1 saturated heterocycles. The lowest BCUT2D eigenvalue weighted by atomic mass is 10.2. The first kappa shape index (κ1) is 21.5. The van der Waals surface area contributed by atoms with Gasteiger partial charge < -0.3 is 10.6 Å². The largest absolute Gasteiger partial charge is 0.382 e. The number of ketones is 1. The predicted octanol–water partition coefficient (Wildman–Crippen LogP) is 1.57. The van der Waals surface area contributed by atoms with Gasteiger partial charge in [0.15, 0.2) is 11.5 Å². The molecule has 8 nitrogen and oxygen atoms in total. The summed E-state index contributed by atoms with van der Waals surface area (Å²) in [6.45, 7) is 10.5. The van der Waals surface area contributed by atoms with Gasteiger partial charge in [-0.3, -0.25) is 4.79 Å². The van der Waals surface area contributed by atoms with E-state index in [1.165, 1.54) is 16.6 Å². The maximum absolute atomic E-state index is 12.5. The fourth-order valence-electron chi connectivity index (χ4n) is 2.68. The Labute approximate surface area is 165 Å². The number of aromatic nitrogens is 2. The highest BCUT2D eigenvalue weighted by molar-refractivity contribution is 7.89. The van der Waals surface area contributed by atoms with E-state index in [0.717, 1.165) is 5.57 Å². The molecule has 150 valence electrons. The highest BCUT2D eigenvalue weighted by atomic mass is 32.2. The minimum Gasteiger partial charge on any atom is -0.382 e. The second-order valence-corrected chi connectivity index (χ2v) is 8.31. The van der Waals surface area contributed by atoms with Gasteiger partial charge in [0.1, 0.15) is 5.82 Å². The minimum absolute atomic E-state index is 0.0402. The molecule has 0 atom stereocenters. The van der Waals surface area contributed by atoms with E-state index in [-0.39, 0.29) is 23.0 Å². The molecule has 0 amide bonds. The predicted molar refractivity (Wildman–Crippen MR) is 112 cm³/mol. The summed E-state index contributed by atoms with van der Waals surface area (Å²) in [6.07, 6.45) is 9.35. The van der Waals surface area contributed by atoms with Crippen LogP contribution in [-0.4, -0.2) is 60.4 Å². The number of nitrogen functional groups attached to an aromatic ring is 1. The zero-order valence-corrected chi connectivity index (χ0v) is 16.7. The van der Waals surface area contributed by atoms with Crippen LogP contribution in [-0.2, 0) is 10.0 Å². The third-order valence-corrected chi connectivity index (χ3v) is 6.20. The average Bonchev–Trinajstić information content (AvgIpc) is 2.71. The van der Waals surface area contributed by atoms with E-state index in [2.05, 4.69) is 23.1 Å². The van der Waals surface area contributed by atoms with E-state index in [1.807, 2.05) is 4.90 Å². The molecule has 9 heteroatoms. The van der Waals surface area contributed by atoms with E-state index in [0.29, 0.717) is 32.0 Å². The molecule has 0 unspecified atom stereocenters. The van der Waals surface area contributed by atoms with Crippen molar-refractivity contribution in [2.45, 2.75) is 6.92 Å². The van der Waals surface area contributed by atoms with Crippen LogP contribution in [0.4, 0.5) is 11.6 Å². The SMILES string of the molecule is C=C/C=C(C=C)/C=C/C(=O)c1nc(N2CCN(S(=O)(=O)CC)CC2)cnc1N. The van der Waals surface area contributed by atoms with Gasteiger partial charge in [0.05, 0.1) is 11.9 Å². The van der Waals surface area contributed by atoms with Gasteiger partial charge in [-0.1, -0.05) is 37.5 Å². The number of anilines is 2. The summed E-state index contributed by atoms with van der Waals surface area (Å²) in [5.74, 6) is 0.228. The molecule has 2 N–H and O–H groups in total. The summed E-state index contributed by atoms with van der Waals surface area (Å²) >= 11 is 0. The van der Waals surface area contributed by atoms with Gasteiger partial charge in [-0.2, -0.15) is 4.31 Å². The number of rotatable bonds is 8. The molecule has 1 aromatic heterocycles. The topological polar surface area (TPSA) is 109 Å². The average molecular weight is 404 g/mol. The molecule has 2 heterocycles. The van der Waals surface area contributed by atoms with Gasteiger partial charge in [0, 0.05) is 26.2 Å². The summed E-state index contributed by atoms with van der Waals surface area (Å²) in [4.78, 5) is 22.8. The highest BCUT2D eigenvalue weighted by Gasteiger charge is 2.26. The van der Waals surface area contributed by atoms with E-state index in [1.54, 1.807) is 31.2 Å². The number of nitrogens with two attached hydrogens (primary N) is 1. The number of nitrogens with zero attached hydrogens (tertiary/aromatic N) is 4.